The van der Waals surface area contributed by atoms with Crippen LogP contribution in [0, 0.1) is 5.41 Å². The standard InChI is InChI=1S/C16H19BrN4O2/c1-21-15(23)19-13(20-21)14(22)18-10-16(7-4-8-16)9-11-5-2-3-6-12(11)17/h2-3,5-6H,4,7-10H2,1H3,(H,18,22)(H,19,20,23). The van der Waals surface area contributed by atoms with Crippen LogP contribution in [-0.4, -0.2) is 27.2 Å². The van der Waals surface area contributed by atoms with E-state index < -0.39 is 0 Å². The number of carbonyl (C=O) groups is 1. The number of benzene rings is 1. The lowest BCUT2D eigenvalue weighted by atomic mass is 9.65. The van der Waals surface area contributed by atoms with Gasteiger partial charge in [-0.3, -0.25) is 9.78 Å². The fourth-order valence-electron chi connectivity index (χ4n) is 2.99. The fourth-order valence-corrected chi connectivity index (χ4v) is 3.42. The molecule has 0 radical (unpaired) electrons. The molecule has 1 aromatic heterocycles. The Balaban J connectivity index is 1.66. The Bertz CT molecular complexity index is 776. The second-order valence-corrected chi connectivity index (χ2v) is 7.06. The smallest absolute Gasteiger partial charge is 0.343 e. The molecule has 3 rings (SSSR count). The minimum absolute atomic E-state index is 0.0628. The van der Waals surface area contributed by atoms with Crippen molar-refractivity contribution in [2.24, 2.45) is 12.5 Å². The molecule has 1 amide bonds. The Hall–Kier alpha value is -1.89. The molecule has 1 aromatic carbocycles. The van der Waals surface area contributed by atoms with E-state index in [2.05, 4.69) is 37.4 Å². The van der Waals surface area contributed by atoms with Gasteiger partial charge in [-0.2, -0.15) is 0 Å². The van der Waals surface area contributed by atoms with E-state index in [0.29, 0.717) is 6.54 Å². The van der Waals surface area contributed by atoms with Crippen LogP contribution in [0.5, 0.6) is 0 Å². The summed E-state index contributed by atoms with van der Waals surface area (Å²) in [6, 6.07) is 8.19. The number of hydrogen-bond acceptors (Lipinski definition) is 3. The van der Waals surface area contributed by atoms with Crippen LogP contribution in [0.15, 0.2) is 33.5 Å². The molecule has 1 saturated carbocycles. The van der Waals surface area contributed by atoms with E-state index in [1.165, 1.54) is 19.0 Å². The lowest BCUT2D eigenvalue weighted by Crippen LogP contribution is -2.44. The number of aromatic amines is 1. The minimum Gasteiger partial charge on any atom is -0.349 e. The highest BCUT2D eigenvalue weighted by molar-refractivity contribution is 9.10. The van der Waals surface area contributed by atoms with Gasteiger partial charge in [0.05, 0.1) is 0 Å². The predicted molar refractivity (Wildman–Crippen MR) is 90.3 cm³/mol. The van der Waals surface area contributed by atoms with Gasteiger partial charge in [0, 0.05) is 18.1 Å². The molecular formula is C16H19BrN4O2. The number of nitrogens with zero attached hydrogens (tertiary/aromatic N) is 2. The summed E-state index contributed by atoms with van der Waals surface area (Å²) in [4.78, 5) is 26.0. The van der Waals surface area contributed by atoms with Crippen molar-refractivity contribution in [3.8, 4) is 0 Å². The van der Waals surface area contributed by atoms with Crippen LogP contribution < -0.4 is 11.0 Å². The first-order chi connectivity index (χ1) is 11.0. The Kier molecular flexibility index (Phi) is 4.39. The zero-order valence-electron chi connectivity index (χ0n) is 12.9. The summed E-state index contributed by atoms with van der Waals surface area (Å²) in [7, 11) is 1.51. The maximum absolute atomic E-state index is 12.1. The summed E-state index contributed by atoms with van der Waals surface area (Å²) < 4.78 is 2.22. The number of rotatable bonds is 5. The molecule has 2 N–H and O–H groups in total. The molecule has 0 bridgehead atoms. The lowest BCUT2D eigenvalue weighted by Gasteiger charge is -2.42. The second-order valence-electron chi connectivity index (χ2n) is 6.21. The van der Waals surface area contributed by atoms with Gasteiger partial charge < -0.3 is 5.32 Å². The normalized spacial score (nSPS) is 15.9. The van der Waals surface area contributed by atoms with Gasteiger partial charge in [-0.25, -0.2) is 9.48 Å². The van der Waals surface area contributed by atoms with Crippen LogP contribution in [0.2, 0.25) is 0 Å². The maximum atomic E-state index is 12.1. The van der Waals surface area contributed by atoms with Gasteiger partial charge in [-0.05, 0) is 36.3 Å². The van der Waals surface area contributed by atoms with Crippen LogP contribution in [0.1, 0.15) is 35.4 Å². The molecule has 0 atom stereocenters. The van der Waals surface area contributed by atoms with Crippen molar-refractivity contribution in [2.45, 2.75) is 25.7 Å². The Morgan fingerprint density at radius 2 is 2.17 bits per heavy atom. The molecule has 6 nitrogen and oxygen atoms in total. The van der Waals surface area contributed by atoms with Crippen molar-refractivity contribution in [2.75, 3.05) is 6.54 Å². The average Bonchev–Trinajstić information content (AvgIpc) is 2.83. The van der Waals surface area contributed by atoms with Gasteiger partial charge in [0.25, 0.3) is 5.91 Å². The van der Waals surface area contributed by atoms with Crippen LogP contribution in [0.3, 0.4) is 0 Å². The highest BCUT2D eigenvalue weighted by Gasteiger charge is 2.37. The summed E-state index contributed by atoms with van der Waals surface area (Å²) in [6.45, 7) is 0.589. The fraction of sp³-hybridized carbons (Fsp3) is 0.438. The largest absolute Gasteiger partial charge is 0.349 e. The molecule has 7 heteroatoms. The minimum atomic E-state index is -0.387. The summed E-state index contributed by atoms with van der Waals surface area (Å²) in [5.41, 5.74) is 0.962. The van der Waals surface area contributed by atoms with Gasteiger partial charge in [0.15, 0.2) is 0 Å². The third kappa shape index (κ3) is 3.39. The van der Waals surface area contributed by atoms with Gasteiger partial charge >= 0.3 is 5.69 Å². The third-order valence-electron chi connectivity index (χ3n) is 4.55. The summed E-state index contributed by atoms with van der Waals surface area (Å²) >= 11 is 3.59. The van der Waals surface area contributed by atoms with Crippen LogP contribution >= 0.6 is 15.9 Å². The van der Waals surface area contributed by atoms with Crippen LogP contribution in [-0.2, 0) is 13.5 Å². The number of H-pyrrole nitrogens is 1. The monoisotopic (exact) mass is 378 g/mol. The molecule has 0 saturated heterocycles. The summed E-state index contributed by atoms with van der Waals surface area (Å²) in [5, 5.41) is 6.80. The predicted octanol–water partition coefficient (Wildman–Crippen LogP) is 2.01. The molecule has 0 aliphatic heterocycles. The van der Waals surface area contributed by atoms with Crippen LogP contribution in [0.4, 0.5) is 0 Å². The number of carbonyl (C=O) groups excluding carboxylic acids is 1. The number of hydrogen-bond donors (Lipinski definition) is 2. The van der Waals surface area contributed by atoms with Crippen molar-refractivity contribution in [1.82, 2.24) is 20.1 Å². The molecule has 0 unspecified atom stereocenters. The van der Waals surface area contributed by atoms with Crippen molar-refractivity contribution >= 4 is 21.8 Å². The Morgan fingerprint density at radius 1 is 1.43 bits per heavy atom. The second kappa shape index (κ2) is 6.31. The topological polar surface area (TPSA) is 79.8 Å². The van der Waals surface area contributed by atoms with Crippen molar-refractivity contribution < 1.29 is 4.79 Å². The van der Waals surface area contributed by atoms with E-state index in [0.717, 1.165) is 28.4 Å². The summed E-state index contributed by atoms with van der Waals surface area (Å²) in [6.07, 6.45) is 4.29. The van der Waals surface area contributed by atoms with E-state index in [1.54, 1.807) is 0 Å². The average molecular weight is 379 g/mol. The van der Waals surface area contributed by atoms with Gasteiger partial charge in [0.2, 0.25) is 5.82 Å². The first-order valence-electron chi connectivity index (χ1n) is 7.64. The summed E-state index contributed by atoms with van der Waals surface area (Å²) in [5.74, 6) is -0.269. The number of amides is 1. The van der Waals surface area contributed by atoms with Crippen molar-refractivity contribution in [3.05, 3.63) is 50.6 Å². The van der Waals surface area contributed by atoms with E-state index in [-0.39, 0.29) is 22.8 Å². The number of halogens is 1. The highest BCUT2D eigenvalue weighted by Crippen LogP contribution is 2.44. The molecule has 1 fully saturated rings. The molecule has 1 heterocycles. The van der Waals surface area contributed by atoms with Crippen LogP contribution in [0.25, 0.3) is 0 Å². The Morgan fingerprint density at radius 3 is 2.74 bits per heavy atom. The molecule has 0 spiro atoms. The van der Waals surface area contributed by atoms with E-state index >= 15 is 0 Å². The molecular weight excluding hydrogens is 360 g/mol. The van der Waals surface area contributed by atoms with Gasteiger partial charge in [-0.15, -0.1) is 5.10 Å². The van der Waals surface area contributed by atoms with Gasteiger partial charge in [-0.1, -0.05) is 40.5 Å². The van der Waals surface area contributed by atoms with E-state index in [9.17, 15) is 9.59 Å². The molecule has 1 aliphatic carbocycles. The number of aryl methyl sites for hydroxylation is 1. The zero-order valence-corrected chi connectivity index (χ0v) is 14.5. The quantitative estimate of drug-likeness (QED) is 0.834. The first kappa shape index (κ1) is 16.0. The lowest BCUT2D eigenvalue weighted by molar-refractivity contribution is 0.0849. The third-order valence-corrected chi connectivity index (χ3v) is 5.32. The SMILES string of the molecule is Cn1nc(C(=O)NCC2(Cc3ccccc3Br)CCC2)[nH]c1=O. The number of nitrogens with one attached hydrogen (secondary N) is 2. The molecule has 23 heavy (non-hydrogen) atoms. The van der Waals surface area contributed by atoms with E-state index in [4.69, 9.17) is 0 Å². The first-order valence-corrected chi connectivity index (χ1v) is 8.43. The Labute approximate surface area is 142 Å². The highest BCUT2D eigenvalue weighted by atomic mass is 79.9. The van der Waals surface area contributed by atoms with Gasteiger partial charge in [0.1, 0.15) is 0 Å². The number of aromatic nitrogens is 3. The zero-order chi connectivity index (χ0) is 16.4. The van der Waals surface area contributed by atoms with Crippen molar-refractivity contribution in [3.63, 3.8) is 0 Å². The molecule has 122 valence electrons. The maximum Gasteiger partial charge on any atom is 0.343 e. The molecule has 1 aliphatic rings. The van der Waals surface area contributed by atoms with E-state index in [1.807, 2.05) is 18.2 Å². The molecule has 2 aromatic rings. The van der Waals surface area contributed by atoms with Crippen molar-refractivity contribution in [1.29, 1.82) is 0 Å².